The van der Waals surface area contributed by atoms with Crippen LogP contribution in [0.15, 0.2) is 42.5 Å². The Bertz CT molecular complexity index is 621. The zero-order valence-electron chi connectivity index (χ0n) is 12.7. The molecular weight excluding hydrogens is 327 g/mol. The van der Waals surface area contributed by atoms with Crippen molar-refractivity contribution in [1.29, 1.82) is 0 Å². The number of carbonyl (C=O) groups excluding carboxylic acids is 1. The Balaban J connectivity index is 2.26. The van der Waals surface area contributed by atoms with Crippen molar-refractivity contribution in [1.82, 2.24) is 0 Å². The fraction of sp³-hybridized carbons (Fsp3) is 0.278. The van der Waals surface area contributed by atoms with Gasteiger partial charge in [-0.1, -0.05) is 0 Å². The number of aryl methyl sites for hydroxylation is 2. The fourth-order valence-electron chi connectivity index (χ4n) is 2.34. The topological polar surface area (TPSA) is 26.3 Å². The van der Waals surface area contributed by atoms with Gasteiger partial charge in [-0.15, -0.1) is 0 Å². The molecule has 0 aliphatic carbocycles. The number of hydrogen-bond donors (Lipinski definition) is 0. The first-order chi connectivity index (χ1) is 10.1. The second kappa shape index (κ2) is 7.44. The first-order valence-corrected chi connectivity index (χ1v) is 9.13. The van der Waals surface area contributed by atoms with E-state index in [0.717, 1.165) is 22.0 Å². The molecule has 0 spiro atoms. The molecule has 3 heteroatoms. The number of ether oxygens (including phenoxy) is 1. The summed E-state index contributed by atoms with van der Waals surface area (Å²) in [4.78, 5) is 12.2. The molecule has 2 aromatic carbocycles. The standard InChI is InChI=1S/C18H20O2Se/c1-4-20-18(19)17-14(3)10-13(2)11-15(17)12-21-16-8-6-5-7-9-16/h5-11H,4,12H2,1-3H3. The van der Waals surface area contributed by atoms with Gasteiger partial charge >= 0.3 is 132 Å². The van der Waals surface area contributed by atoms with Gasteiger partial charge in [0.05, 0.1) is 0 Å². The molecule has 2 nitrogen and oxygen atoms in total. The molecule has 0 aromatic heterocycles. The summed E-state index contributed by atoms with van der Waals surface area (Å²) in [5, 5.41) is 0.910. The quantitative estimate of drug-likeness (QED) is 0.614. The zero-order chi connectivity index (χ0) is 15.2. The van der Waals surface area contributed by atoms with Crippen molar-refractivity contribution in [3.8, 4) is 0 Å². The number of hydrogen-bond acceptors (Lipinski definition) is 2. The van der Waals surface area contributed by atoms with E-state index in [4.69, 9.17) is 4.74 Å². The van der Waals surface area contributed by atoms with E-state index in [2.05, 4.69) is 37.3 Å². The molecule has 0 atom stereocenters. The predicted octanol–water partition coefficient (Wildman–Crippen LogP) is 3.01. The SMILES string of the molecule is CCOC(=O)c1c(C)cc(C)cc1C[Se]c1ccccc1. The fourth-order valence-corrected chi connectivity index (χ4v) is 4.23. The van der Waals surface area contributed by atoms with Crippen LogP contribution in [-0.4, -0.2) is 27.5 Å². The zero-order valence-corrected chi connectivity index (χ0v) is 14.4. The van der Waals surface area contributed by atoms with Crippen LogP contribution in [0.1, 0.15) is 34.0 Å². The molecule has 0 bridgehead atoms. The summed E-state index contributed by atoms with van der Waals surface area (Å²) in [7, 11) is 0. The molecule has 0 N–H and O–H groups in total. The van der Waals surface area contributed by atoms with Gasteiger partial charge in [-0.05, 0) is 0 Å². The summed E-state index contributed by atoms with van der Waals surface area (Å²) in [6.45, 7) is 6.31. The van der Waals surface area contributed by atoms with Crippen LogP contribution in [0.4, 0.5) is 0 Å². The van der Waals surface area contributed by atoms with E-state index in [1.165, 1.54) is 10.0 Å². The van der Waals surface area contributed by atoms with Crippen molar-refractivity contribution in [3.05, 3.63) is 64.7 Å². The van der Waals surface area contributed by atoms with Gasteiger partial charge in [0.15, 0.2) is 0 Å². The Hall–Kier alpha value is -1.57. The minimum atomic E-state index is -0.200. The van der Waals surface area contributed by atoms with Crippen LogP contribution in [-0.2, 0) is 10.1 Å². The van der Waals surface area contributed by atoms with E-state index < -0.39 is 0 Å². The second-order valence-corrected chi connectivity index (χ2v) is 7.14. The Labute approximate surface area is 132 Å². The van der Waals surface area contributed by atoms with E-state index in [1.54, 1.807) is 0 Å². The van der Waals surface area contributed by atoms with Gasteiger partial charge in [-0.3, -0.25) is 0 Å². The molecule has 21 heavy (non-hydrogen) atoms. The van der Waals surface area contributed by atoms with Crippen molar-refractivity contribution in [3.63, 3.8) is 0 Å². The number of rotatable bonds is 5. The molecule has 0 aliphatic rings. The number of esters is 1. The Morgan fingerprint density at radius 1 is 1.14 bits per heavy atom. The maximum atomic E-state index is 12.2. The molecule has 2 rings (SSSR count). The summed E-state index contributed by atoms with van der Waals surface area (Å²) >= 11 is 0.322. The molecule has 0 heterocycles. The molecule has 2 aromatic rings. The Morgan fingerprint density at radius 3 is 2.52 bits per heavy atom. The first kappa shape index (κ1) is 15.8. The van der Waals surface area contributed by atoms with Crippen molar-refractivity contribution < 1.29 is 9.53 Å². The van der Waals surface area contributed by atoms with E-state index in [-0.39, 0.29) is 5.97 Å². The monoisotopic (exact) mass is 348 g/mol. The van der Waals surface area contributed by atoms with Gasteiger partial charge < -0.3 is 0 Å². The third-order valence-corrected chi connectivity index (χ3v) is 5.40. The van der Waals surface area contributed by atoms with Crippen molar-refractivity contribution in [2.24, 2.45) is 0 Å². The van der Waals surface area contributed by atoms with Gasteiger partial charge in [0.2, 0.25) is 0 Å². The molecule has 0 fully saturated rings. The van der Waals surface area contributed by atoms with Crippen molar-refractivity contribution >= 4 is 25.4 Å². The molecular formula is C18H20O2Se. The molecule has 0 aliphatic heterocycles. The van der Waals surface area contributed by atoms with Crippen LogP contribution in [0.5, 0.6) is 0 Å². The summed E-state index contributed by atoms with van der Waals surface area (Å²) < 4.78 is 6.56. The first-order valence-electron chi connectivity index (χ1n) is 7.07. The third kappa shape index (κ3) is 4.20. The van der Waals surface area contributed by atoms with Gasteiger partial charge in [0, 0.05) is 0 Å². The van der Waals surface area contributed by atoms with E-state index in [9.17, 15) is 4.79 Å². The predicted molar refractivity (Wildman–Crippen MR) is 87.4 cm³/mol. The van der Waals surface area contributed by atoms with Gasteiger partial charge in [0.1, 0.15) is 0 Å². The maximum absolute atomic E-state index is 12.2. The third-order valence-electron chi connectivity index (χ3n) is 3.18. The Kier molecular flexibility index (Phi) is 5.60. The van der Waals surface area contributed by atoms with Crippen LogP contribution in [0.25, 0.3) is 0 Å². The average molecular weight is 347 g/mol. The molecule has 110 valence electrons. The Morgan fingerprint density at radius 2 is 1.86 bits per heavy atom. The van der Waals surface area contributed by atoms with Gasteiger partial charge in [-0.2, -0.15) is 0 Å². The van der Waals surface area contributed by atoms with Crippen LogP contribution < -0.4 is 4.46 Å². The summed E-state index contributed by atoms with van der Waals surface area (Å²) in [5.41, 5.74) is 4.06. The molecule has 0 amide bonds. The summed E-state index contributed by atoms with van der Waals surface area (Å²) in [5.74, 6) is -0.200. The number of carbonyl (C=O) groups is 1. The van der Waals surface area contributed by atoms with Crippen LogP contribution in [0.3, 0.4) is 0 Å². The summed E-state index contributed by atoms with van der Waals surface area (Å²) in [6.07, 6.45) is 0. The minimum absolute atomic E-state index is 0.200. The van der Waals surface area contributed by atoms with Gasteiger partial charge in [0.25, 0.3) is 0 Å². The van der Waals surface area contributed by atoms with Gasteiger partial charge in [-0.25, -0.2) is 0 Å². The van der Waals surface area contributed by atoms with E-state index in [0.29, 0.717) is 21.6 Å². The van der Waals surface area contributed by atoms with Crippen LogP contribution >= 0.6 is 0 Å². The van der Waals surface area contributed by atoms with Crippen LogP contribution in [0, 0.1) is 13.8 Å². The molecule has 0 unspecified atom stereocenters. The second-order valence-electron chi connectivity index (χ2n) is 4.94. The van der Waals surface area contributed by atoms with Crippen molar-refractivity contribution in [2.45, 2.75) is 26.1 Å². The molecule has 0 saturated carbocycles. The normalized spacial score (nSPS) is 10.4. The average Bonchev–Trinajstić information content (AvgIpc) is 2.45. The van der Waals surface area contributed by atoms with E-state index in [1.807, 2.05) is 26.0 Å². The molecule has 0 radical (unpaired) electrons. The van der Waals surface area contributed by atoms with Crippen LogP contribution in [0.2, 0.25) is 0 Å². The molecule has 0 saturated heterocycles. The summed E-state index contributed by atoms with van der Waals surface area (Å²) in [6, 6.07) is 14.6. The van der Waals surface area contributed by atoms with E-state index >= 15 is 0 Å². The van der Waals surface area contributed by atoms with Crippen molar-refractivity contribution in [2.75, 3.05) is 6.61 Å². The number of benzene rings is 2.